The van der Waals surface area contributed by atoms with E-state index in [-0.39, 0.29) is 5.88 Å². The normalized spacial score (nSPS) is 22.2. The van der Waals surface area contributed by atoms with Crippen molar-refractivity contribution >= 4 is 11.0 Å². The first-order valence-corrected chi connectivity index (χ1v) is 11.1. The smallest absolute Gasteiger partial charge is 0.233 e. The fraction of sp³-hybridized carbons (Fsp3) is 0.500. The summed E-state index contributed by atoms with van der Waals surface area (Å²) in [6.07, 6.45) is 15.1. The van der Waals surface area contributed by atoms with E-state index in [9.17, 15) is 5.11 Å². The van der Waals surface area contributed by atoms with Gasteiger partial charge in [0.15, 0.2) is 0 Å². The summed E-state index contributed by atoms with van der Waals surface area (Å²) in [5, 5.41) is 10.3. The third-order valence-corrected chi connectivity index (χ3v) is 6.67. The average Bonchev–Trinajstić information content (AvgIpc) is 3.45. The molecule has 1 aromatic carbocycles. The first kappa shape index (κ1) is 19.2. The molecule has 0 radical (unpaired) electrons. The number of aromatic nitrogens is 4. The Morgan fingerprint density at radius 1 is 1.03 bits per heavy atom. The van der Waals surface area contributed by atoms with Gasteiger partial charge in [-0.1, -0.05) is 19.3 Å². The quantitative estimate of drug-likeness (QED) is 0.513. The van der Waals surface area contributed by atoms with Crippen LogP contribution in [0.2, 0.25) is 0 Å². The van der Waals surface area contributed by atoms with Crippen LogP contribution in [0.4, 0.5) is 0 Å². The molecule has 2 unspecified atom stereocenters. The molecular formula is C24H28N4O2. The van der Waals surface area contributed by atoms with Gasteiger partial charge in [-0.15, -0.1) is 0 Å². The Morgan fingerprint density at radius 3 is 2.80 bits per heavy atom. The molecule has 30 heavy (non-hydrogen) atoms. The van der Waals surface area contributed by atoms with E-state index in [1.54, 1.807) is 24.7 Å². The average molecular weight is 405 g/mol. The first-order valence-electron chi connectivity index (χ1n) is 11.1. The lowest BCUT2D eigenvalue weighted by Gasteiger charge is -2.11. The number of unbranched alkanes of at least 4 members (excludes halogenated alkanes) is 2. The molecule has 0 amide bonds. The maximum atomic E-state index is 10.3. The SMILES string of the molecule is Oc1nc2cc(OCc3cnccn3)ccc2nc1CCCCC[C@H]1CCC2CC21. The zero-order valence-corrected chi connectivity index (χ0v) is 17.2. The Hall–Kier alpha value is -2.76. The minimum Gasteiger partial charge on any atom is -0.492 e. The van der Waals surface area contributed by atoms with E-state index in [0.29, 0.717) is 23.6 Å². The molecule has 2 aliphatic carbocycles. The molecule has 0 saturated heterocycles. The number of nitrogens with zero attached hydrogens (tertiary/aromatic N) is 4. The van der Waals surface area contributed by atoms with Crippen LogP contribution >= 0.6 is 0 Å². The molecular weight excluding hydrogens is 376 g/mol. The van der Waals surface area contributed by atoms with E-state index < -0.39 is 0 Å². The van der Waals surface area contributed by atoms with Crippen molar-refractivity contribution in [3.05, 3.63) is 48.2 Å². The van der Waals surface area contributed by atoms with Gasteiger partial charge in [0.2, 0.25) is 5.88 Å². The molecule has 156 valence electrons. The van der Waals surface area contributed by atoms with Gasteiger partial charge in [0.25, 0.3) is 0 Å². The molecule has 2 aliphatic rings. The Bertz CT molecular complexity index is 1010. The van der Waals surface area contributed by atoms with Crippen molar-refractivity contribution in [1.82, 2.24) is 19.9 Å². The van der Waals surface area contributed by atoms with E-state index in [0.717, 1.165) is 41.8 Å². The summed E-state index contributed by atoms with van der Waals surface area (Å²) >= 11 is 0. The van der Waals surface area contributed by atoms with Gasteiger partial charge in [0, 0.05) is 18.5 Å². The van der Waals surface area contributed by atoms with E-state index in [1.165, 1.54) is 38.5 Å². The standard InChI is InChI=1S/C24H28N4O2/c29-24-22(5-3-1-2-4-16-6-7-17-12-20(16)17)27-21-9-8-19(13-23(21)28-24)30-15-18-14-25-10-11-26-18/h8-11,13-14,16-17,20H,1-7,12,15H2,(H,28,29)/t16-,17?,20?/m0/s1. The Kier molecular flexibility index (Phi) is 5.47. The van der Waals surface area contributed by atoms with Crippen LogP contribution in [-0.4, -0.2) is 25.0 Å². The van der Waals surface area contributed by atoms with E-state index >= 15 is 0 Å². The maximum Gasteiger partial charge on any atom is 0.233 e. The highest BCUT2D eigenvalue weighted by Gasteiger charge is 2.47. The minimum atomic E-state index is 0.0326. The summed E-state index contributed by atoms with van der Waals surface area (Å²) in [6.45, 7) is 0.332. The first-order chi connectivity index (χ1) is 14.8. The van der Waals surface area contributed by atoms with Crippen LogP contribution in [0.5, 0.6) is 11.6 Å². The number of aromatic hydroxyl groups is 1. The Morgan fingerprint density at radius 2 is 2.00 bits per heavy atom. The predicted octanol–water partition coefficient (Wildman–Crippen LogP) is 4.85. The van der Waals surface area contributed by atoms with Crippen LogP contribution in [0.15, 0.2) is 36.8 Å². The molecule has 2 aromatic heterocycles. The number of fused-ring (bicyclic) bond motifs is 2. The summed E-state index contributed by atoms with van der Waals surface area (Å²) in [4.78, 5) is 17.2. The lowest BCUT2D eigenvalue weighted by atomic mass is 9.96. The second-order valence-corrected chi connectivity index (χ2v) is 8.73. The lowest BCUT2D eigenvalue weighted by molar-refractivity contribution is 0.301. The maximum absolute atomic E-state index is 10.3. The zero-order valence-electron chi connectivity index (χ0n) is 17.2. The number of aryl methyl sites for hydroxylation is 1. The van der Waals surface area contributed by atoms with Crippen molar-refractivity contribution < 1.29 is 9.84 Å². The Labute approximate surface area is 176 Å². The molecule has 3 atom stereocenters. The largest absolute Gasteiger partial charge is 0.492 e. The van der Waals surface area contributed by atoms with Crippen LogP contribution in [-0.2, 0) is 13.0 Å². The number of hydrogen-bond acceptors (Lipinski definition) is 6. The second kappa shape index (κ2) is 8.54. The summed E-state index contributed by atoms with van der Waals surface area (Å²) in [5.74, 6) is 3.84. The number of ether oxygens (including phenoxy) is 1. The van der Waals surface area contributed by atoms with E-state index in [1.807, 2.05) is 12.1 Å². The minimum absolute atomic E-state index is 0.0326. The van der Waals surface area contributed by atoms with Gasteiger partial charge in [0.05, 0.1) is 22.9 Å². The Balaban J connectivity index is 1.14. The van der Waals surface area contributed by atoms with Crippen molar-refractivity contribution in [2.24, 2.45) is 17.8 Å². The second-order valence-electron chi connectivity index (χ2n) is 8.73. The third-order valence-electron chi connectivity index (χ3n) is 6.67. The van der Waals surface area contributed by atoms with Crippen molar-refractivity contribution in [1.29, 1.82) is 0 Å². The predicted molar refractivity (Wildman–Crippen MR) is 114 cm³/mol. The summed E-state index contributed by atoms with van der Waals surface area (Å²) < 4.78 is 5.76. The highest BCUT2D eigenvalue weighted by atomic mass is 16.5. The van der Waals surface area contributed by atoms with E-state index in [2.05, 4.69) is 19.9 Å². The van der Waals surface area contributed by atoms with Crippen LogP contribution in [0.1, 0.15) is 56.3 Å². The molecule has 3 aromatic rings. The van der Waals surface area contributed by atoms with Gasteiger partial charge >= 0.3 is 0 Å². The number of hydrogen-bond donors (Lipinski definition) is 1. The molecule has 5 rings (SSSR count). The van der Waals surface area contributed by atoms with Crippen LogP contribution in [0, 0.1) is 17.8 Å². The number of rotatable bonds is 9. The number of benzene rings is 1. The molecule has 0 spiro atoms. The van der Waals surface area contributed by atoms with Crippen LogP contribution < -0.4 is 4.74 Å². The van der Waals surface area contributed by atoms with Crippen molar-refractivity contribution in [3.8, 4) is 11.6 Å². The van der Waals surface area contributed by atoms with Gasteiger partial charge < -0.3 is 9.84 Å². The van der Waals surface area contributed by atoms with Gasteiger partial charge in [-0.3, -0.25) is 9.97 Å². The topological polar surface area (TPSA) is 81.0 Å². The van der Waals surface area contributed by atoms with Crippen LogP contribution in [0.3, 0.4) is 0 Å². The van der Waals surface area contributed by atoms with Crippen molar-refractivity contribution in [2.75, 3.05) is 0 Å². The van der Waals surface area contributed by atoms with Gasteiger partial charge in [-0.05, 0) is 62.0 Å². The molecule has 6 nitrogen and oxygen atoms in total. The highest BCUT2D eigenvalue weighted by molar-refractivity contribution is 5.76. The highest BCUT2D eigenvalue weighted by Crippen LogP contribution is 2.56. The third kappa shape index (κ3) is 4.37. The summed E-state index contributed by atoms with van der Waals surface area (Å²) in [5.41, 5.74) is 2.86. The fourth-order valence-electron chi connectivity index (χ4n) is 4.94. The van der Waals surface area contributed by atoms with Gasteiger partial charge in [-0.25, -0.2) is 9.97 Å². The van der Waals surface area contributed by atoms with Crippen LogP contribution in [0.25, 0.3) is 11.0 Å². The lowest BCUT2D eigenvalue weighted by Crippen LogP contribution is -2.00. The molecule has 2 heterocycles. The summed E-state index contributed by atoms with van der Waals surface area (Å²) in [7, 11) is 0. The molecule has 1 N–H and O–H groups in total. The molecule has 0 aliphatic heterocycles. The van der Waals surface area contributed by atoms with Crippen molar-refractivity contribution in [3.63, 3.8) is 0 Å². The van der Waals surface area contributed by atoms with Gasteiger partial charge in [-0.2, -0.15) is 0 Å². The molecule has 0 bridgehead atoms. The molecule has 2 saturated carbocycles. The monoisotopic (exact) mass is 404 g/mol. The molecule has 2 fully saturated rings. The fourth-order valence-corrected chi connectivity index (χ4v) is 4.94. The zero-order chi connectivity index (χ0) is 20.3. The summed E-state index contributed by atoms with van der Waals surface area (Å²) in [6, 6.07) is 5.57. The molecule has 6 heteroatoms. The van der Waals surface area contributed by atoms with E-state index in [4.69, 9.17) is 4.74 Å². The van der Waals surface area contributed by atoms with Gasteiger partial charge in [0.1, 0.15) is 18.1 Å². The van der Waals surface area contributed by atoms with Crippen molar-refractivity contribution in [2.45, 2.75) is 58.0 Å².